The molecule has 0 amide bonds. The van der Waals surface area contributed by atoms with Crippen LogP contribution in [0.15, 0.2) is 63.2 Å². The summed E-state index contributed by atoms with van der Waals surface area (Å²) in [7, 11) is 3.27. The summed E-state index contributed by atoms with van der Waals surface area (Å²) in [5.41, 5.74) is -0.626. The van der Waals surface area contributed by atoms with Crippen LogP contribution in [0, 0.1) is 0 Å². The molecule has 0 bridgehead atoms. The number of ether oxygens (including phenoxy) is 2. The first-order valence-corrected chi connectivity index (χ1v) is 16.2. The highest BCUT2D eigenvalue weighted by Gasteiger charge is 2.36. The van der Waals surface area contributed by atoms with E-state index in [1.165, 1.54) is 29.1 Å². The van der Waals surface area contributed by atoms with Crippen molar-refractivity contribution in [2.45, 2.75) is 37.3 Å². The van der Waals surface area contributed by atoms with Crippen molar-refractivity contribution in [2.75, 3.05) is 0 Å². The first-order chi connectivity index (χ1) is 25.5. The SMILES string of the molecule is Cn1cnc2c1c(=O)[nH]c(=O)n2C.O=c1c(O)cc([C@H]2Oc3cc(O)cc(O)c3C[C@H]2O)cc2c([C@H]3Oc4cc(O)cc(O)c4C[C@H]3O)cc(O)c(O)c12. The zero-order valence-electron chi connectivity index (χ0n) is 28.3. The second-order valence-corrected chi connectivity index (χ2v) is 13.0. The molecule has 0 fully saturated rings. The molecule has 0 spiro atoms. The lowest BCUT2D eigenvalue weighted by atomic mass is 9.90. The van der Waals surface area contributed by atoms with Gasteiger partial charge in [0.15, 0.2) is 34.5 Å². The van der Waals surface area contributed by atoms with Gasteiger partial charge >= 0.3 is 5.69 Å². The van der Waals surface area contributed by atoms with Crippen LogP contribution in [0.3, 0.4) is 0 Å². The van der Waals surface area contributed by atoms with Gasteiger partial charge in [-0.3, -0.25) is 19.1 Å². The fraction of sp³-hybridized carbons (Fsp3) is 0.222. The predicted octanol–water partition coefficient (Wildman–Crippen LogP) is 1.17. The van der Waals surface area contributed by atoms with Crippen molar-refractivity contribution in [3.63, 3.8) is 0 Å². The number of phenolic OH excluding ortho intramolecular Hbond substituents is 6. The Morgan fingerprint density at radius 2 is 1.30 bits per heavy atom. The molecule has 280 valence electrons. The van der Waals surface area contributed by atoms with Gasteiger partial charge < -0.3 is 60.0 Å². The van der Waals surface area contributed by atoms with Crippen LogP contribution in [0.5, 0.6) is 51.7 Å². The maximum Gasteiger partial charge on any atom is 0.329 e. The third-order valence-corrected chi connectivity index (χ3v) is 9.41. The van der Waals surface area contributed by atoms with E-state index < -0.39 is 63.7 Å². The average Bonchev–Trinajstić information content (AvgIpc) is 3.44. The van der Waals surface area contributed by atoms with E-state index in [-0.39, 0.29) is 75.0 Å². The largest absolute Gasteiger partial charge is 0.508 e. The Morgan fingerprint density at radius 1 is 0.722 bits per heavy atom. The number of fused-ring (bicyclic) bond motifs is 4. The first kappa shape index (κ1) is 35.5. The lowest BCUT2D eigenvalue weighted by molar-refractivity contribution is 0.0193. The molecular formula is C36H32N4O14. The van der Waals surface area contributed by atoms with Crippen molar-refractivity contribution >= 4 is 21.9 Å². The topological polar surface area (TPSA) is 290 Å². The van der Waals surface area contributed by atoms with Crippen LogP contribution in [0.4, 0.5) is 0 Å². The fourth-order valence-electron chi connectivity index (χ4n) is 6.78. The standard InChI is InChI=1S/C29H24O12.C7H8N4O2/c30-11-3-17(32)15-8-21(36)28(40-23(15)5-11)10-1-13-14(7-20(35)27(39)25(13)26(38)19(34)2-10)29-22(37)9-16-18(33)4-12(31)6-24(16)41-29;1-10-3-8-5-4(10)6(12)9-7(13)11(5)2/h1-7,21-22,28-33,35-37,39H,8-9H2,(H,34,38);3H,1-2H3,(H,9,12,13)/t21-,22-,28-,29-;/m1./s1. The van der Waals surface area contributed by atoms with Gasteiger partial charge in [-0.15, -0.1) is 0 Å². The highest BCUT2D eigenvalue weighted by Crippen LogP contribution is 2.47. The predicted molar refractivity (Wildman–Crippen MR) is 187 cm³/mol. The van der Waals surface area contributed by atoms with Crippen LogP contribution in [0.25, 0.3) is 21.9 Å². The molecule has 18 heteroatoms. The zero-order valence-corrected chi connectivity index (χ0v) is 28.3. The lowest BCUT2D eigenvalue weighted by Crippen LogP contribution is -2.31. The van der Waals surface area contributed by atoms with Crippen LogP contribution in [-0.4, -0.2) is 77.3 Å². The molecule has 2 aliphatic rings. The lowest BCUT2D eigenvalue weighted by Gasteiger charge is -2.32. The van der Waals surface area contributed by atoms with Crippen LogP contribution >= 0.6 is 0 Å². The number of aromatic hydroxyl groups is 7. The van der Waals surface area contributed by atoms with Gasteiger partial charge in [-0.25, -0.2) is 9.78 Å². The maximum atomic E-state index is 13.2. The van der Waals surface area contributed by atoms with E-state index in [1.807, 2.05) is 0 Å². The monoisotopic (exact) mass is 744 g/mol. The van der Waals surface area contributed by atoms with Crippen LogP contribution in [0.2, 0.25) is 0 Å². The van der Waals surface area contributed by atoms with E-state index in [2.05, 4.69) is 9.97 Å². The summed E-state index contributed by atoms with van der Waals surface area (Å²) >= 11 is 0. The van der Waals surface area contributed by atoms with Gasteiger partial charge in [-0.05, 0) is 29.1 Å². The van der Waals surface area contributed by atoms with E-state index in [0.29, 0.717) is 11.2 Å². The minimum absolute atomic E-state index is 0.00576. The van der Waals surface area contributed by atoms with Gasteiger partial charge in [-0.1, -0.05) is 0 Å². The molecule has 0 radical (unpaired) electrons. The number of imidazole rings is 1. The number of phenols is 6. The molecule has 18 nitrogen and oxygen atoms in total. The number of nitrogens with zero attached hydrogens (tertiary/aromatic N) is 3. The van der Waals surface area contributed by atoms with Crippen LogP contribution in [-0.2, 0) is 26.9 Å². The Hall–Kier alpha value is -6.92. The Labute approximate surface area is 301 Å². The van der Waals surface area contributed by atoms with Gasteiger partial charge in [0.25, 0.3) is 5.56 Å². The van der Waals surface area contributed by atoms with E-state index in [0.717, 1.165) is 24.3 Å². The molecule has 54 heavy (non-hydrogen) atoms. The highest BCUT2D eigenvalue weighted by atomic mass is 16.5. The fourth-order valence-corrected chi connectivity index (χ4v) is 6.78. The quantitative estimate of drug-likeness (QED) is 0.111. The summed E-state index contributed by atoms with van der Waals surface area (Å²) in [5, 5.41) is 93.5. The molecule has 0 saturated heterocycles. The Balaban J connectivity index is 0.000000291. The number of rotatable bonds is 2. The van der Waals surface area contributed by atoms with E-state index in [1.54, 1.807) is 18.7 Å². The van der Waals surface area contributed by atoms with E-state index in [9.17, 15) is 60.3 Å². The van der Waals surface area contributed by atoms with Gasteiger partial charge in [0.1, 0.15) is 40.6 Å². The number of aliphatic hydroxyl groups excluding tert-OH is 2. The molecule has 8 rings (SSSR count). The van der Waals surface area contributed by atoms with Crippen molar-refractivity contribution in [2.24, 2.45) is 14.1 Å². The number of benzene rings is 3. The average molecular weight is 745 g/mol. The summed E-state index contributed by atoms with van der Waals surface area (Å²) in [6.07, 6.45) is -3.91. The number of nitrogens with one attached hydrogen (secondary N) is 1. The minimum atomic E-state index is -1.34. The molecular weight excluding hydrogens is 712 g/mol. The first-order valence-electron chi connectivity index (χ1n) is 16.2. The molecule has 10 N–H and O–H groups in total. The summed E-state index contributed by atoms with van der Waals surface area (Å²) in [4.78, 5) is 41.8. The summed E-state index contributed by atoms with van der Waals surface area (Å²) in [6, 6.07) is 8.05. The molecule has 0 unspecified atom stereocenters. The molecule has 4 aromatic carbocycles. The van der Waals surface area contributed by atoms with Gasteiger partial charge in [0, 0.05) is 67.9 Å². The molecule has 6 aromatic rings. The highest BCUT2D eigenvalue weighted by molar-refractivity contribution is 5.94. The second kappa shape index (κ2) is 12.9. The van der Waals surface area contributed by atoms with Gasteiger partial charge in [0.2, 0.25) is 5.43 Å². The third kappa shape index (κ3) is 5.88. The Morgan fingerprint density at radius 3 is 1.91 bits per heavy atom. The minimum Gasteiger partial charge on any atom is -0.508 e. The van der Waals surface area contributed by atoms with E-state index in [4.69, 9.17) is 9.47 Å². The second-order valence-electron chi connectivity index (χ2n) is 13.0. The molecule has 4 heterocycles. The summed E-state index contributed by atoms with van der Waals surface area (Å²) in [6.45, 7) is 0. The van der Waals surface area contributed by atoms with Crippen LogP contribution < -0.4 is 26.2 Å². The van der Waals surface area contributed by atoms with Crippen molar-refractivity contribution in [3.8, 4) is 51.7 Å². The molecule has 0 aliphatic carbocycles. The summed E-state index contributed by atoms with van der Waals surface area (Å²) in [5.74, 6) is -3.57. The number of aromatic nitrogens is 4. The molecule has 2 aromatic heterocycles. The third-order valence-electron chi connectivity index (χ3n) is 9.41. The molecule has 2 aliphatic heterocycles. The van der Waals surface area contributed by atoms with Gasteiger partial charge in [-0.2, -0.15) is 0 Å². The zero-order chi connectivity index (χ0) is 38.9. The van der Waals surface area contributed by atoms with Gasteiger partial charge in [0.05, 0.1) is 23.9 Å². The number of H-pyrrole nitrogens is 1. The normalized spacial score (nSPS) is 18.9. The summed E-state index contributed by atoms with van der Waals surface area (Å²) < 4.78 is 14.7. The number of hydrogen-bond donors (Lipinski definition) is 10. The smallest absolute Gasteiger partial charge is 0.329 e. The van der Waals surface area contributed by atoms with Crippen molar-refractivity contribution in [3.05, 3.63) is 102 Å². The number of aliphatic hydroxyl groups is 2. The maximum absolute atomic E-state index is 13.2. The Kier molecular flexibility index (Phi) is 8.50. The number of hydrogen-bond acceptors (Lipinski definition) is 15. The molecule has 0 saturated carbocycles. The number of aryl methyl sites for hydroxylation is 2. The van der Waals surface area contributed by atoms with Crippen molar-refractivity contribution in [1.29, 1.82) is 0 Å². The van der Waals surface area contributed by atoms with E-state index >= 15 is 0 Å². The molecule has 4 atom stereocenters. The Bertz CT molecular complexity index is 2700. The van der Waals surface area contributed by atoms with Crippen molar-refractivity contribution < 1.29 is 55.4 Å². The van der Waals surface area contributed by atoms with Crippen LogP contribution in [0.1, 0.15) is 34.5 Å². The van der Waals surface area contributed by atoms with Crippen molar-refractivity contribution in [1.82, 2.24) is 19.1 Å². The number of aromatic amines is 1.